The van der Waals surface area contributed by atoms with Gasteiger partial charge in [-0.15, -0.1) is 0 Å². The summed E-state index contributed by atoms with van der Waals surface area (Å²) in [6, 6.07) is -0.190. The van der Waals surface area contributed by atoms with Crippen molar-refractivity contribution in [1.82, 2.24) is 14.9 Å². The Morgan fingerprint density at radius 3 is 2.62 bits per heavy atom. The van der Waals surface area contributed by atoms with E-state index >= 15 is 0 Å². The number of hydrogen-bond acceptors (Lipinski definition) is 5. The van der Waals surface area contributed by atoms with Crippen molar-refractivity contribution in [3.8, 4) is 0 Å². The Balaban J connectivity index is 2.13. The van der Waals surface area contributed by atoms with Gasteiger partial charge < -0.3 is 10.5 Å². The Morgan fingerprint density at radius 2 is 2.10 bits per heavy atom. The zero-order valence-electron chi connectivity index (χ0n) is 11.8. The van der Waals surface area contributed by atoms with Gasteiger partial charge in [0.05, 0.1) is 12.1 Å². The minimum atomic E-state index is -4.52. The van der Waals surface area contributed by atoms with Crippen molar-refractivity contribution < 1.29 is 17.9 Å². The number of rotatable bonds is 4. The number of piperidine rings is 1. The first-order valence-electron chi connectivity index (χ1n) is 6.81. The second kappa shape index (κ2) is 6.67. The van der Waals surface area contributed by atoms with Crippen LogP contribution in [0.2, 0.25) is 0 Å². The fourth-order valence-corrected chi connectivity index (χ4v) is 2.59. The molecule has 0 bridgehead atoms. The van der Waals surface area contributed by atoms with Crippen molar-refractivity contribution in [2.24, 2.45) is 5.73 Å². The third kappa shape index (κ3) is 3.90. The number of hydrogen-bond donors (Lipinski definition) is 1. The molecule has 1 aromatic rings. The molecule has 2 N–H and O–H groups in total. The molecule has 1 saturated heterocycles. The predicted octanol–water partition coefficient (Wildman–Crippen LogP) is 1.61. The van der Waals surface area contributed by atoms with Crippen LogP contribution in [0.3, 0.4) is 0 Å². The Kier molecular flexibility index (Phi) is 5.13. The third-order valence-corrected chi connectivity index (χ3v) is 3.72. The minimum Gasteiger partial charge on any atom is -0.380 e. The number of halogens is 3. The van der Waals surface area contributed by atoms with Crippen molar-refractivity contribution in [1.29, 1.82) is 0 Å². The Hall–Kier alpha value is -1.25. The Morgan fingerprint density at radius 1 is 1.43 bits per heavy atom. The van der Waals surface area contributed by atoms with E-state index in [9.17, 15) is 13.2 Å². The average molecular weight is 304 g/mol. The summed E-state index contributed by atoms with van der Waals surface area (Å²) in [6.45, 7) is 1.84. The lowest BCUT2D eigenvalue weighted by atomic mass is 10.0. The molecule has 0 aromatic carbocycles. The van der Waals surface area contributed by atoms with Crippen LogP contribution in [-0.2, 0) is 10.9 Å². The zero-order valence-corrected chi connectivity index (χ0v) is 11.8. The first-order valence-corrected chi connectivity index (χ1v) is 6.81. The van der Waals surface area contributed by atoms with E-state index in [1.54, 1.807) is 7.11 Å². The SMILES string of the molecule is COC1CCCN(C(CN)c2cnc(C(F)(F)F)nc2)C1. The van der Waals surface area contributed by atoms with E-state index in [0.717, 1.165) is 19.4 Å². The molecule has 118 valence electrons. The lowest BCUT2D eigenvalue weighted by molar-refractivity contribution is -0.145. The van der Waals surface area contributed by atoms with E-state index in [1.165, 1.54) is 12.4 Å². The highest BCUT2D eigenvalue weighted by Gasteiger charge is 2.35. The number of aromatic nitrogens is 2. The van der Waals surface area contributed by atoms with Crippen LogP contribution in [-0.4, -0.2) is 47.7 Å². The Labute approximate surface area is 121 Å². The normalized spacial score (nSPS) is 22.2. The molecule has 0 spiro atoms. The molecule has 2 heterocycles. The molecule has 0 saturated carbocycles. The molecule has 2 rings (SSSR count). The predicted molar refractivity (Wildman–Crippen MR) is 70.4 cm³/mol. The molecular weight excluding hydrogens is 285 g/mol. The van der Waals surface area contributed by atoms with E-state index in [1.807, 2.05) is 0 Å². The lowest BCUT2D eigenvalue weighted by Crippen LogP contribution is -2.43. The molecule has 0 aliphatic carbocycles. The smallest absolute Gasteiger partial charge is 0.380 e. The van der Waals surface area contributed by atoms with Gasteiger partial charge in [-0.1, -0.05) is 0 Å². The topological polar surface area (TPSA) is 64.3 Å². The molecule has 0 radical (unpaired) electrons. The van der Waals surface area contributed by atoms with Crippen LogP contribution in [0.25, 0.3) is 0 Å². The van der Waals surface area contributed by atoms with Gasteiger partial charge >= 0.3 is 6.18 Å². The lowest BCUT2D eigenvalue weighted by Gasteiger charge is -2.37. The van der Waals surface area contributed by atoms with Crippen molar-refractivity contribution in [3.05, 3.63) is 23.8 Å². The molecule has 0 amide bonds. The van der Waals surface area contributed by atoms with Gasteiger partial charge in [0.15, 0.2) is 0 Å². The van der Waals surface area contributed by atoms with E-state index in [-0.39, 0.29) is 12.1 Å². The van der Waals surface area contributed by atoms with E-state index in [4.69, 9.17) is 10.5 Å². The van der Waals surface area contributed by atoms with Crippen LogP contribution >= 0.6 is 0 Å². The first kappa shape index (κ1) is 16.1. The molecule has 2 atom stereocenters. The number of ether oxygens (including phenoxy) is 1. The van der Waals surface area contributed by atoms with Crippen molar-refractivity contribution in [2.75, 3.05) is 26.7 Å². The monoisotopic (exact) mass is 304 g/mol. The molecule has 8 heteroatoms. The number of methoxy groups -OCH3 is 1. The highest BCUT2D eigenvalue weighted by atomic mass is 19.4. The molecule has 21 heavy (non-hydrogen) atoms. The van der Waals surface area contributed by atoms with E-state index < -0.39 is 12.0 Å². The molecular formula is C13H19F3N4O. The largest absolute Gasteiger partial charge is 0.451 e. The van der Waals surface area contributed by atoms with Gasteiger partial charge in [-0.3, -0.25) is 4.90 Å². The zero-order chi connectivity index (χ0) is 15.5. The summed E-state index contributed by atoms with van der Waals surface area (Å²) in [7, 11) is 1.66. The second-order valence-electron chi connectivity index (χ2n) is 5.08. The van der Waals surface area contributed by atoms with Crippen molar-refractivity contribution in [2.45, 2.75) is 31.2 Å². The summed E-state index contributed by atoms with van der Waals surface area (Å²) in [5, 5.41) is 0. The van der Waals surface area contributed by atoms with E-state index in [0.29, 0.717) is 18.7 Å². The maximum absolute atomic E-state index is 12.5. The third-order valence-electron chi connectivity index (χ3n) is 3.72. The van der Waals surface area contributed by atoms with Crippen LogP contribution in [0.15, 0.2) is 12.4 Å². The molecule has 1 aromatic heterocycles. The summed E-state index contributed by atoms with van der Waals surface area (Å²) in [4.78, 5) is 8.92. The van der Waals surface area contributed by atoms with Crippen LogP contribution in [0.5, 0.6) is 0 Å². The quantitative estimate of drug-likeness (QED) is 0.915. The average Bonchev–Trinajstić information content (AvgIpc) is 2.48. The van der Waals surface area contributed by atoms with Gasteiger partial charge in [-0.2, -0.15) is 13.2 Å². The van der Waals surface area contributed by atoms with Gasteiger partial charge in [0.25, 0.3) is 0 Å². The minimum absolute atomic E-state index is 0.128. The number of alkyl halides is 3. The van der Waals surface area contributed by atoms with Crippen molar-refractivity contribution in [3.63, 3.8) is 0 Å². The maximum Gasteiger partial charge on any atom is 0.451 e. The second-order valence-corrected chi connectivity index (χ2v) is 5.08. The molecule has 1 aliphatic heterocycles. The summed E-state index contributed by atoms with van der Waals surface area (Å²) < 4.78 is 42.8. The van der Waals surface area contributed by atoms with Gasteiger partial charge in [0.1, 0.15) is 0 Å². The van der Waals surface area contributed by atoms with Crippen LogP contribution in [0.1, 0.15) is 30.3 Å². The molecule has 1 fully saturated rings. The van der Waals surface area contributed by atoms with E-state index in [2.05, 4.69) is 14.9 Å². The molecule has 2 unspecified atom stereocenters. The van der Waals surface area contributed by atoms with Crippen LogP contribution in [0, 0.1) is 0 Å². The summed E-state index contributed by atoms with van der Waals surface area (Å²) in [6.07, 6.45) is -0.0240. The van der Waals surface area contributed by atoms with Gasteiger partial charge in [-0.25, -0.2) is 9.97 Å². The maximum atomic E-state index is 12.5. The highest BCUT2D eigenvalue weighted by Crippen LogP contribution is 2.28. The fourth-order valence-electron chi connectivity index (χ4n) is 2.59. The fraction of sp³-hybridized carbons (Fsp3) is 0.692. The standard InChI is InChI=1S/C13H19F3N4O/c1-21-10-3-2-4-20(8-10)11(5-17)9-6-18-12(19-7-9)13(14,15)16/h6-7,10-11H,2-5,8,17H2,1H3. The van der Waals surface area contributed by atoms with Crippen LogP contribution in [0.4, 0.5) is 13.2 Å². The molecule has 5 nitrogen and oxygen atoms in total. The number of nitrogens with two attached hydrogens (primary N) is 1. The number of nitrogens with zero attached hydrogens (tertiary/aromatic N) is 3. The van der Waals surface area contributed by atoms with Gasteiger partial charge in [0, 0.05) is 38.2 Å². The van der Waals surface area contributed by atoms with Crippen LogP contribution < -0.4 is 5.73 Å². The van der Waals surface area contributed by atoms with Gasteiger partial charge in [-0.05, 0) is 19.4 Å². The summed E-state index contributed by atoms with van der Waals surface area (Å²) >= 11 is 0. The summed E-state index contributed by atoms with van der Waals surface area (Å²) in [5.74, 6) is -1.13. The Bertz CT molecular complexity index is 452. The first-order chi connectivity index (χ1) is 9.95. The number of likely N-dealkylation sites (tertiary alicyclic amines) is 1. The molecule has 1 aliphatic rings. The highest BCUT2D eigenvalue weighted by molar-refractivity contribution is 5.13. The van der Waals surface area contributed by atoms with Gasteiger partial charge in [0.2, 0.25) is 5.82 Å². The summed E-state index contributed by atoms with van der Waals surface area (Å²) in [5.41, 5.74) is 6.39. The van der Waals surface area contributed by atoms with Crippen molar-refractivity contribution >= 4 is 0 Å².